The molecule has 2 aliphatic heterocycles. The number of fused-ring (bicyclic) bond motifs is 1. The second-order valence-corrected chi connectivity index (χ2v) is 12.8. The number of amides is 1. The summed E-state index contributed by atoms with van der Waals surface area (Å²) in [6.07, 6.45) is 7.39. The van der Waals surface area contributed by atoms with Crippen LogP contribution in [0.5, 0.6) is 11.5 Å². The van der Waals surface area contributed by atoms with E-state index in [1.807, 2.05) is 17.0 Å². The molecule has 6 aliphatic rings. The number of hydrogen-bond donors (Lipinski definition) is 1. The minimum atomic E-state index is -3.93. The fraction of sp³-hybridized carbons (Fsp3) is 0.708. The molecule has 180 valence electrons. The molecule has 1 atom stereocenters. The number of benzene rings is 1. The van der Waals surface area contributed by atoms with Crippen LogP contribution in [0.3, 0.4) is 0 Å². The van der Waals surface area contributed by atoms with Gasteiger partial charge in [-0.3, -0.25) is 4.79 Å². The first-order chi connectivity index (χ1) is 15.7. The van der Waals surface area contributed by atoms with Crippen LogP contribution in [-0.2, 0) is 15.4 Å². The Morgan fingerprint density at radius 2 is 1.64 bits per heavy atom. The molecule has 9 heteroatoms. The Balaban J connectivity index is 1.42. The summed E-state index contributed by atoms with van der Waals surface area (Å²) in [5, 5.41) is 5.37. The highest BCUT2D eigenvalue weighted by Gasteiger charge is 2.52. The van der Waals surface area contributed by atoms with E-state index in [2.05, 4.69) is 11.9 Å². The largest absolute Gasteiger partial charge is 0.484 e. The average Bonchev–Trinajstić information content (AvgIpc) is 2.76. The van der Waals surface area contributed by atoms with E-state index in [0.717, 1.165) is 55.7 Å². The molecule has 2 heterocycles. The summed E-state index contributed by atoms with van der Waals surface area (Å²) in [6.45, 7) is 2.76. The molecule has 8 nitrogen and oxygen atoms in total. The van der Waals surface area contributed by atoms with Crippen LogP contribution in [0.4, 0.5) is 0 Å². The van der Waals surface area contributed by atoms with E-state index < -0.39 is 15.5 Å². The molecule has 1 aromatic rings. The third-order valence-corrected chi connectivity index (χ3v) is 9.68. The maximum atomic E-state index is 13.7. The molecule has 0 aromatic heterocycles. The first-order valence-electron chi connectivity index (χ1n) is 12.2. The van der Waals surface area contributed by atoms with Crippen LogP contribution < -0.4 is 14.6 Å². The van der Waals surface area contributed by atoms with E-state index in [4.69, 9.17) is 14.6 Å². The number of sulfonamides is 1. The van der Waals surface area contributed by atoms with Crippen LogP contribution in [0.25, 0.3) is 0 Å². The lowest BCUT2D eigenvalue weighted by Gasteiger charge is -2.57. The van der Waals surface area contributed by atoms with Gasteiger partial charge in [-0.2, -0.15) is 0 Å². The van der Waals surface area contributed by atoms with Gasteiger partial charge in [0.1, 0.15) is 6.61 Å². The molecule has 1 saturated heterocycles. The fourth-order valence-electron chi connectivity index (χ4n) is 7.44. The number of primary sulfonamides is 1. The summed E-state index contributed by atoms with van der Waals surface area (Å²) in [5.74, 6) is 2.87. The normalized spacial score (nSPS) is 35.6. The SMILES string of the molecule is CN1CCN(C(=O)c2cc(C34CC5CC(CC(C5)C3)C4)cc3c2OCC(S(N)(=O)=O)O3)CC1. The van der Waals surface area contributed by atoms with Crippen molar-refractivity contribution < 1.29 is 22.7 Å². The number of rotatable bonds is 3. The van der Waals surface area contributed by atoms with Crippen LogP contribution >= 0.6 is 0 Å². The van der Waals surface area contributed by atoms with Gasteiger partial charge in [0.25, 0.3) is 15.9 Å². The first kappa shape index (κ1) is 21.7. The number of carbonyl (C=O) groups is 1. The third-order valence-electron chi connectivity index (χ3n) is 8.71. The van der Waals surface area contributed by atoms with Crippen molar-refractivity contribution in [3.63, 3.8) is 0 Å². The van der Waals surface area contributed by atoms with Crippen molar-refractivity contribution in [1.82, 2.24) is 9.80 Å². The summed E-state index contributed by atoms with van der Waals surface area (Å²) in [6, 6.07) is 3.98. The number of hydrogen-bond acceptors (Lipinski definition) is 6. The van der Waals surface area contributed by atoms with E-state index in [-0.39, 0.29) is 17.9 Å². The molecule has 1 unspecified atom stereocenters. The standard InChI is InChI=1S/C24H33N3O5S/c1-26-2-4-27(5-3-26)23(28)19-9-18(10-20-22(19)31-14-21(32-20)33(25,29)30)24-11-15-6-16(12-24)8-17(7-15)13-24/h9-10,15-17,21H,2-8,11-14H2,1H3,(H2,25,29,30). The van der Waals surface area contributed by atoms with Crippen molar-refractivity contribution in [2.45, 2.75) is 49.4 Å². The second-order valence-electron chi connectivity index (χ2n) is 11.1. The van der Waals surface area contributed by atoms with Gasteiger partial charge in [0.15, 0.2) is 11.5 Å². The van der Waals surface area contributed by atoms with E-state index in [1.165, 1.54) is 19.3 Å². The molecule has 5 fully saturated rings. The zero-order chi connectivity index (χ0) is 23.0. The van der Waals surface area contributed by atoms with Gasteiger partial charge in [0.05, 0.1) is 5.56 Å². The summed E-state index contributed by atoms with van der Waals surface area (Å²) >= 11 is 0. The third kappa shape index (κ3) is 3.72. The molecular weight excluding hydrogens is 442 g/mol. The van der Waals surface area contributed by atoms with Crippen LogP contribution in [0.15, 0.2) is 12.1 Å². The average molecular weight is 476 g/mol. The molecule has 2 N–H and O–H groups in total. The van der Waals surface area contributed by atoms with Gasteiger partial charge in [-0.05, 0) is 86.4 Å². The van der Waals surface area contributed by atoms with E-state index in [0.29, 0.717) is 30.2 Å². The number of nitrogens with zero attached hydrogens (tertiary/aromatic N) is 2. The lowest BCUT2D eigenvalue weighted by atomic mass is 9.48. The molecule has 0 spiro atoms. The van der Waals surface area contributed by atoms with E-state index in [9.17, 15) is 13.2 Å². The molecule has 0 radical (unpaired) electrons. The van der Waals surface area contributed by atoms with Crippen molar-refractivity contribution in [1.29, 1.82) is 0 Å². The molecule has 1 amide bonds. The van der Waals surface area contributed by atoms with Crippen molar-refractivity contribution in [3.05, 3.63) is 23.3 Å². The molecule has 33 heavy (non-hydrogen) atoms. The maximum Gasteiger partial charge on any atom is 0.257 e. The summed E-state index contributed by atoms with van der Waals surface area (Å²) in [5.41, 5.74) is 0.383. The Bertz CT molecular complexity index is 1040. The Kier molecular flexibility index (Phi) is 4.98. The minimum absolute atomic E-state index is 0.0405. The quantitative estimate of drug-likeness (QED) is 0.717. The Morgan fingerprint density at radius 1 is 1.03 bits per heavy atom. The molecule has 4 bridgehead atoms. The first-order valence-corrected chi connectivity index (χ1v) is 13.8. The Hall–Kier alpha value is -1.84. The molecule has 4 saturated carbocycles. The highest BCUT2D eigenvalue weighted by molar-refractivity contribution is 7.89. The van der Waals surface area contributed by atoms with Gasteiger partial charge in [-0.15, -0.1) is 0 Å². The van der Waals surface area contributed by atoms with E-state index in [1.54, 1.807) is 0 Å². The van der Waals surface area contributed by atoms with Gasteiger partial charge in [-0.25, -0.2) is 13.6 Å². The van der Waals surface area contributed by atoms with Crippen LogP contribution in [0.2, 0.25) is 0 Å². The highest BCUT2D eigenvalue weighted by Crippen LogP contribution is 2.61. The molecule has 4 aliphatic carbocycles. The zero-order valence-corrected chi connectivity index (χ0v) is 20.0. The van der Waals surface area contributed by atoms with Gasteiger partial charge in [0, 0.05) is 26.2 Å². The molecule has 7 rings (SSSR count). The number of carbonyl (C=O) groups excluding carboxylic acids is 1. The maximum absolute atomic E-state index is 13.7. The number of nitrogens with two attached hydrogens (primary N) is 1. The fourth-order valence-corrected chi connectivity index (χ4v) is 7.93. The molecule has 1 aromatic carbocycles. The number of piperazine rings is 1. The zero-order valence-electron chi connectivity index (χ0n) is 19.2. The predicted octanol–water partition coefficient (Wildman–Crippen LogP) is 1.93. The lowest BCUT2D eigenvalue weighted by molar-refractivity contribution is -0.00547. The smallest absolute Gasteiger partial charge is 0.257 e. The predicted molar refractivity (Wildman–Crippen MR) is 123 cm³/mol. The second kappa shape index (κ2) is 7.58. The summed E-state index contributed by atoms with van der Waals surface area (Å²) in [4.78, 5) is 17.7. The molecular formula is C24H33N3O5S. The van der Waals surface area contributed by atoms with Gasteiger partial charge in [0.2, 0.25) is 5.44 Å². The number of ether oxygens (including phenoxy) is 2. The van der Waals surface area contributed by atoms with Crippen LogP contribution in [0.1, 0.15) is 54.4 Å². The topological polar surface area (TPSA) is 102 Å². The van der Waals surface area contributed by atoms with Crippen molar-refractivity contribution in [3.8, 4) is 11.5 Å². The summed E-state index contributed by atoms with van der Waals surface area (Å²) < 4.78 is 35.7. The summed E-state index contributed by atoms with van der Waals surface area (Å²) in [7, 11) is -1.88. The van der Waals surface area contributed by atoms with Gasteiger partial charge in [-0.1, -0.05) is 0 Å². The van der Waals surface area contributed by atoms with E-state index >= 15 is 0 Å². The van der Waals surface area contributed by atoms with Crippen molar-refractivity contribution >= 4 is 15.9 Å². The minimum Gasteiger partial charge on any atom is -0.484 e. The van der Waals surface area contributed by atoms with Gasteiger partial charge < -0.3 is 19.3 Å². The highest BCUT2D eigenvalue weighted by atomic mass is 32.2. The van der Waals surface area contributed by atoms with Crippen molar-refractivity contribution in [2.75, 3.05) is 39.8 Å². The number of likely N-dealkylation sites (N-methyl/N-ethyl adjacent to an activating group) is 1. The Labute approximate surface area is 195 Å². The lowest BCUT2D eigenvalue weighted by Crippen LogP contribution is -2.49. The van der Waals surface area contributed by atoms with Crippen molar-refractivity contribution in [2.24, 2.45) is 22.9 Å². The van der Waals surface area contributed by atoms with Crippen LogP contribution in [-0.4, -0.2) is 69.4 Å². The van der Waals surface area contributed by atoms with Crippen LogP contribution in [0, 0.1) is 17.8 Å². The monoisotopic (exact) mass is 475 g/mol. The van der Waals surface area contributed by atoms with Gasteiger partial charge >= 0.3 is 0 Å². The Morgan fingerprint density at radius 3 is 2.21 bits per heavy atom.